The molecule has 0 atom stereocenters. The van der Waals surface area contributed by atoms with E-state index in [0.29, 0.717) is 25.1 Å². The second kappa shape index (κ2) is 12.1. The van der Waals surface area contributed by atoms with E-state index in [-0.39, 0.29) is 10.8 Å². The van der Waals surface area contributed by atoms with Crippen LogP contribution in [0.15, 0.2) is 48.7 Å². The third kappa shape index (κ3) is 7.87. The number of hydrogen-bond donors (Lipinski definition) is 0. The molecule has 0 N–H and O–H groups in total. The van der Waals surface area contributed by atoms with Gasteiger partial charge in [0.25, 0.3) is 0 Å². The Hall–Kier alpha value is -3.26. The van der Waals surface area contributed by atoms with E-state index < -0.39 is 0 Å². The predicted octanol–water partition coefficient (Wildman–Crippen LogP) is 5.03. The smallest absolute Gasteiger partial charge is 0.319 e. The van der Waals surface area contributed by atoms with E-state index in [1.54, 1.807) is 12.3 Å². The summed E-state index contributed by atoms with van der Waals surface area (Å²) in [5.41, 5.74) is 2.09. The Morgan fingerprint density at radius 3 is 2.24 bits per heavy atom. The van der Waals surface area contributed by atoms with Gasteiger partial charge in [-0.15, -0.1) is 0 Å². The van der Waals surface area contributed by atoms with Crippen molar-refractivity contribution in [1.82, 2.24) is 24.8 Å². The van der Waals surface area contributed by atoms with Gasteiger partial charge >= 0.3 is 6.01 Å². The monoisotopic (exact) mass is 518 g/mol. The number of nitrogens with zero attached hydrogens (tertiary/aromatic N) is 6. The average Bonchev–Trinajstić information content (AvgIpc) is 2.90. The Morgan fingerprint density at radius 2 is 1.55 bits per heavy atom. The molecular formula is C30H42N6O2. The lowest BCUT2D eigenvalue weighted by molar-refractivity contribution is 0.215. The SMILES string of the molecule is CC(C)(C)c1cc(N2CCN(CCCOc3nccc(OCc4ccccc4)n3)CC2)nc(C(C)(C)C)n1. The summed E-state index contributed by atoms with van der Waals surface area (Å²) in [6, 6.07) is 14.3. The van der Waals surface area contributed by atoms with E-state index in [1.807, 2.05) is 30.3 Å². The summed E-state index contributed by atoms with van der Waals surface area (Å²) in [5, 5.41) is 0. The highest BCUT2D eigenvalue weighted by molar-refractivity contribution is 5.42. The van der Waals surface area contributed by atoms with Crippen LogP contribution >= 0.6 is 0 Å². The summed E-state index contributed by atoms with van der Waals surface area (Å²) < 4.78 is 11.6. The fourth-order valence-electron chi connectivity index (χ4n) is 4.17. The molecule has 0 bridgehead atoms. The largest absolute Gasteiger partial charge is 0.473 e. The molecule has 1 aliphatic rings. The Morgan fingerprint density at radius 1 is 0.816 bits per heavy atom. The second-order valence-corrected chi connectivity index (χ2v) is 11.9. The lowest BCUT2D eigenvalue weighted by Gasteiger charge is -2.36. The van der Waals surface area contributed by atoms with E-state index in [9.17, 15) is 0 Å². The van der Waals surface area contributed by atoms with Crippen molar-refractivity contribution in [2.75, 3.05) is 44.2 Å². The van der Waals surface area contributed by atoms with Gasteiger partial charge < -0.3 is 14.4 Å². The summed E-state index contributed by atoms with van der Waals surface area (Å²) >= 11 is 0. The number of aromatic nitrogens is 4. The van der Waals surface area contributed by atoms with Crippen LogP contribution in [-0.4, -0.2) is 64.2 Å². The molecule has 0 spiro atoms. The molecule has 2 aromatic heterocycles. The summed E-state index contributed by atoms with van der Waals surface area (Å²) in [7, 11) is 0. The first-order valence-electron chi connectivity index (χ1n) is 13.6. The molecule has 1 saturated heterocycles. The highest BCUT2D eigenvalue weighted by atomic mass is 16.5. The molecule has 4 rings (SSSR count). The predicted molar refractivity (Wildman–Crippen MR) is 151 cm³/mol. The molecule has 0 unspecified atom stereocenters. The van der Waals surface area contributed by atoms with Crippen molar-refractivity contribution < 1.29 is 9.47 Å². The zero-order chi connectivity index (χ0) is 27.2. The summed E-state index contributed by atoms with van der Waals surface area (Å²) in [4.78, 5) is 23.4. The van der Waals surface area contributed by atoms with Crippen LogP contribution < -0.4 is 14.4 Å². The van der Waals surface area contributed by atoms with Gasteiger partial charge in [-0.2, -0.15) is 4.98 Å². The highest BCUT2D eigenvalue weighted by Crippen LogP contribution is 2.28. The minimum Gasteiger partial charge on any atom is -0.473 e. The van der Waals surface area contributed by atoms with E-state index in [2.05, 4.69) is 67.4 Å². The van der Waals surface area contributed by atoms with Crippen LogP contribution in [0.25, 0.3) is 0 Å². The first kappa shape index (κ1) is 27.8. The van der Waals surface area contributed by atoms with Crippen LogP contribution in [0.1, 0.15) is 65.0 Å². The minimum absolute atomic E-state index is 0.0171. The third-order valence-electron chi connectivity index (χ3n) is 6.54. The third-order valence-corrected chi connectivity index (χ3v) is 6.54. The molecule has 0 amide bonds. The van der Waals surface area contributed by atoms with Gasteiger partial charge in [-0.3, -0.25) is 4.90 Å². The number of rotatable bonds is 9. The number of hydrogen-bond acceptors (Lipinski definition) is 8. The maximum atomic E-state index is 5.81. The quantitative estimate of drug-likeness (QED) is 0.365. The van der Waals surface area contributed by atoms with Gasteiger partial charge in [-0.25, -0.2) is 15.0 Å². The van der Waals surface area contributed by atoms with Crippen molar-refractivity contribution in [3.63, 3.8) is 0 Å². The summed E-state index contributed by atoms with van der Waals surface area (Å²) in [6.45, 7) is 19.1. The Labute approximate surface area is 227 Å². The zero-order valence-corrected chi connectivity index (χ0v) is 23.8. The first-order chi connectivity index (χ1) is 18.1. The standard InChI is InChI=1S/C30H42N6O2/c1-29(2,3)24-21-25(33-27(32-24)30(4,5)6)36-18-16-35(17-19-36)15-10-20-37-28-31-14-13-26(34-28)38-22-23-11-8-7-9-12-23/h7-9,11-14,21H,10,15-20,22H2,1-6H3. The van der Waals surface area contributed by atoms with Gasteiger partial charge in [0.15, 0.2) is 0 Å². The number of piperazine rings is 1. The van der Waals surface area contributed by atoms with Crippen molar-refractivity contribution in [3.8, 4) is 11.9 Å². The molecule has 204 valence electrons. The van der Waals surface area contributed by atoms with E-state index >= 15 is 0 Å². The van der Waals surface area contributed by atoms with Gasteiger partial charge in [-0.05, 0) is 12.0 Å². The van der Waals surface area contributed by atoms with Crippen molar-refractivity contribution in [3.05, 3.63) is 65.7 Å². The molecule has 38 heavy (non-hydrogen) atoms. The Balaban J connectivity index is 1.23. The van der Waals surface area contributed by atoms with Crippen molar-refractivity contribution in [2.45, 2.75) is 65.4 Å². The zero-order valence-electron chi connectivity index (χ0n) is 23.8. The van der Waals surface area contributed by atoms with Crippen LogP contribution in [0.4, 0.5) is 5.82 Å². The molecule has 8 heteroatoms. The lowest BCUT2D eigenvalue weighted by Crippen LogP contribution is -2.47. The summed E-state index contributed by atoms with van der Waals surface area (Å²) in [5.74, 6) is 2.48. The molecule has 0 saturated carbocycles. The van der Waals surface area contributed by atoms with E-state index in [4.69, 9.17) is 19.4 Å². The fourth-order valence-corrected chi connectivity index (χ4v) is 4.17. The van der Waals surface area contributed by atoms with Crippen molar-refractivity contribution in [1.29, 1.82) is 0 Å². The topological polar surface area (TPSA) is 76.5 Å². The van der Waals surface area contributed by atoms with Gasteiger partial charge in [0.2, 0.25) is 5.88 Å². The molecule has 3 heterocycles. The van der Waals surface area contributed by atoms with Gasteiger partial charge in [0.1, 0.15) is 18.2 Å². The van der Waals surface area contributed by atoms with Crippen LogP contribution in [0.2, 0.25) is 0 Å². The number of ether oxygens (including phenoxy) is 2. The van der Waals surface area contributed by atoms with Crippen LogP contribution in [0.5, 0.6) is 11.9 Å². The highest BCUT2D eigenvalue weighted by Gasteiger charge is 2.26. The van der Waals surface area contributed by atoms with E-state index in [1.165, 1.54) is 0 Å². The van der Waals surface area contributed by atoms with Crippen molar-refractivity contribution in [2.24, 2.45) is 0 Å². The van der Waals surface area contributed by atoms with Crippen LogP contribution in [0.3, 0.4) is 0 Å². The maximum Gasteiger partial charge on any atom is 0.319 e. The van der Waals surface area contributed by atoms with Crippen molar-refractivity contribution >= 4 is 5.82 Å². The molecule has 0 aliphatic carbocycles. The minimum atomic E-state index is -0.0882. The number of anilines is 1. The van der Waals surface area contributed by atoms with Crippen LogP contribution in [-0.2, 0) is 17.4 Å². The molecule has 1 aromatic carbocycles. The molecule has 8 nitrogen and oxygen atoms in total. The molecule has 3 aromatic rings. The second-order valence-electron chi connectivity index (χ2n) is 11.9. The first-order valence-corrected chi connectivity index (χ1v) is 13.6. The summed E-state index contributed by atoms with van der Waals surface area (Å²) in [6.07, 6.45) is 2.58. The normalized spacial score (nSPS) is 14.9. The lowest BCUT2D eigenvalue weighted by atomic mass is 9.90. The number of benzene rings is 1. The maximum absolute atomic E-state index is 5.81. The Kier molecular flexibility index (Phi) is 8.82. The molecule has 1 aliphatic heterocycles. The van der Waals surface area contributed by atoms with Crippen LogP contribution in [0, 0.1) is 0 Å². The van der Waals surface area contributed by atoms with Gasteiger partial charge in [0, 0.05) is 61.9 Å². The van der Waals surface area contributed by atoms with E-state index in [0.717, 1.165) is 62.0 Å². The fraction of sp³-hybridized carbons (Fsp3) is 0.533. The Bertz CT molecular complexity index is 1130. The average molecular weight is 519 g/mol. The molecule has 1 fully saturated rings. The molecular weight excluding hydrogens is 476 g/mol. The molecule has 0 radical (unpaired) electrons. The van der Waals surface area contributed by atoms with Gasteiger partial charge in [-0.1, -0.05) is 71.9 Å². The van der Waals surface area contributed by atoms with Gasteiger partial charge in [0.05, 0.1) is 12.3 Å².